The van der Waals surface area contributed by atoms with Crippen molar-refractivity contribution in [2.75, 3.05) is 0 Å². The van der Waals surface area contributed by atoms with Gasteiger partial charge in [0.15, 0.2) is 0 Å². The van der Waals surface area contributed by atoms with Crippen LogP contribution in [0.5, 0.6) is 5.75 Å². The van der Waals surface area contributed by atoms with Gasteiger partial charge in [0.05, 0.1) is 10.5 Å². The minimum Gasteiger partial charge on any atom is -0.508 e. The molecular weight excluding hydrogens is 318 g/mol. The van der Waals surface area contributed by atoms with Crippen LogP contribution in [0.25, 0.3) is 11.1 Å². The molecule has 0 bridgehead atoms. The van der Waals surface area contributed by atoms with Crippen LogP contribution in [0.1, 0.15) is 15.9 Å². The summed E-state index contributed by atoms with van der Waals surface area (Å²) in [6, 6.07) is 8.15. The lowest BCUT2D eigenvalue weighted by molar-refractivity contribution is 0.0696. The molecule has 0 aromatic heterocycles. The fourth-order valence-electron chi connectivity index (χ4n) is 2.36. The lowest BCUT2D eigenvalue weighted by atomic mass is 9.93. The first-order valence-corrected chi connectivity index (χ1v) is 8.12. The molecule has 0 saturated heterocycles. The van der Waals surface area contributed by atoms with Crippen LogP contribution < -0.4 is 5.14 Å². The van der Waals surface area contributed by atoms with E-state index in [0.29, 0.717) is 11.1 Å². The van der Waals surface area contributed by atoms with Gasteiger partial charge in [-0.25, -0.2) is 18.4 Å². The zero-order valence-corrected chi connectivity index (χ0v) is 12.9. The minimum absolute atomic E-state index is 0.00515. The summed E-state index contributed by atoms with van der Waals surface area (Å²) in [5.74, 6) is -1.17. The molecule has 0 saturated carbocycles. The van der Waals surface area contributed by atoms with E-state index in [2.05, 4.69) is 6.58 Å². The Kier molecular flexibility index (Phi) is 4.53. The molecule has 0 aliphatic heterocycles. The summed E-state index contributed by atoms with van der Waals surface area (Å²) < 4.78 is 23.8. The Morgan fingerprint density at radius 2 is 1.78 bits per heavy atom. The van der Waals surface area contributed by atoms with E-state index in [1.807, 2.05) is 0 Å². The summed E-state index contributed by atoms with van der Waals surface area (Å²) in [6.45, 7) is 3.58. The van der Waals surface area contributed by atoms with Crippen molar-refractivity contribution in [2.45, 2.75) is 11.3 Å². The van der Waals surface area contributed by atoms with E-state index in [0.717, 1.165) is 0 Å². The number of sulfonamides is 1. The van der Waals surface area contributed by atoms with Crippen molar-refractivity contribution < 1.29 is 23.4 Å². The van der Waals surface area contributed by atoms with Gasteiger partial charge in [0, 0.05) is 5.56 Å². The number of nitrogens with two attached hydrogens (primary N) is 1. The topological polar surface area (TPSA) is 118 Å². The predicted octanol–water partition coefficient (Wildman–Crippen LogP) is 2.13. The first kappa shape index (κ1) is 16.7. The van der Waals surface area contributed by atoms with Gasteiger partial charge in [-0.2, -0.15) is 0 Å². The third-order valence-electron chi connectivity index (χ3n) is 3.32. The molecule has 6 nitrogen and oxygen atoms in total. The Balaban J connectivity index is 2.92. The Hall–Kier alpha value is -2.64. The Bertz CT molecular complexity index is 870. The first-order chi connectivity index (χ1) is 10.8. The maximum atomic E-state index is 11.9. The molecule has 0 radical (unpaired) electrons. The lowest BCUT2D eigenvalue weighted by Gasteiger charge is -2.16. The van der Waals surface area contributed by atoms with Crippen LogP contribution in [0.3, 0.4) is 0 Å². The van der Waals surface area contributed by atoms with Gasteiger partial charge in [-0.05, 0) is 41.8 Å². The molecule has 120 valence electrons. The molecule has 7 heteroatoms. The van der Waals surface area contributed by atoms with Crippen LogP contribution in [0, 0.1) is 0 Å². The van der Waals surface area contributed by atoms with Crippen LogP contribution in [-0.4, -0.2) is 24.6 Å². The largest absolute Gasteiger partial charge is 0.508 e. The number of hydrogen-bond acceptors (Lipinski definition) is 4. The summed E-state index contributed by atoms with van der Waals surface area (Å²) in [4.78, 5) is 11.3. The normalized spacial score (nSPS) is 11.2. The van der Waals surface area contributed by atoms with E-state index >= 15 is 0 Å². The van der Waals surface area contributed by atoms with Crippen molar-refractivity contribution in [1.29, 1.82) is 0 Å². The van der Waals surface area contributed by atoms with E-state index < -0.39 is 16.0 Å². The molecule has 2 rings (SSSR count). The van der Waals surface area contributed by atoms with E-state index in [-0.39, 0.29) is 28.2 Å². The number of hydrogen-bond donors (Lipinski definition) is 3. The van der Waals surface area contributed by atoms with Gasteiger partial charge in [0.1, 0.15) is 5.75 Å². The number of benzene rings is 2. The number of phenolic OH excluding ortho intramolecular Hbond substituents is 1. The number of rotatable bonds is 5. The second kappa shape index (κ2) is 6.23. The van der Waals surface area contributed by atoms with Gasteiger partial charge in [0.25, 0.3) is 0 Å². The molecule has 2 aromatic rings. The average Bonchev–Trinajstić information content (AvgIpc) is 2.47. The number of aromatic carboxylic acids is 1. The van der Waals surface area contributed by atoms with E-state index in [4.69, 9.17) is 5.14 Å². The van der Waals surface area contributed by atoms with Crippen molar-refractivity contribution in [2.24, 2.45) is 5.14 Å². The monoisotopic (exact) mass is 333 g/mol. The van der Waals surface area contributed by atoms with Gasteiger partial charge in [-0.1, -0.05) is 18.2 Å². The highest BCUT2D eigenvalue weighted by atomic mass is 32.2. The molecule has 23 heavy (non-hydrogen) atoms. The van der Waals surface area contributed by atoms with E-state index in [9.17, 15) is 23.4 Å². The Labute approximate surface area is 133 Å². The van der Waals surface area contributed by atoms with Gasteiger partial charge in [-0.15, -0.1) is 6.58 Å². The fourth-order valence-corrected chi connectivity index (χ4v) is 3.15. The highest BCUT2D eigenvalue weighted by Crippen LogP contribution is 2.34. The van der Waals surface area contributed by atoms with Gasteiger partial charge in [-0.3, -0.25) is 0 Å². The van der Waals surface area contributed by atoms with Crippen LogP contribution in [-0.2, 0) is 16.4 Å². The highest BCUT2D eigenvalue weighted by Gasteiger charge is 2.23. The number of carbonyl (C=O) groups is 1. The summed E-state index contributed by atoms with van der Waals surface area (Å²) in [7, 11) is -4.06. The van der Waals surface area contributed by atoms with Crippen LogP contribution in [0.4, 0.5) is 0 Å². The average molecular weight is 333 g/mol. The summed E-state index contributed by atoms with van der Waals surface area (Å²) in [5, 5.41) is 24.0. The maximum absolute atomic E-state index is 11.9. The molecule has 0 amide bonds. The Morgan fingerprint density at radius 3 is 2.26 bits per heavy atom. The number of allylic oxidation sites excluding steroid dienone is 1. The summed E-state index contributed by atoms with van der Waals surface area (Å²) >= 11 is 0. The number of aromatic hydroxyl groups is 1. The zero-order valence-electron chi connectivity index (χ0n) is 12.1. The summed E-state index contributed by atoms with van der Waals surface area (Å²) in [5.41, 5.74) is 0.907. The molecule has 0 atom stereocenters. The van der Waals surface area contributed by atoms with Crippen molar-refractivity contribution in [1.82, 2.24) is 0 Å². The molecule has 0 spiro atoms. The standard InChI is InChI=1S/C16H15NO5S/c1-2-3-12-13(16(19)20)8-9-14(23(17,21)22)15(12)10-4-6-11(18)7-5-10/h2,4-9,18H,1,3H2,(H,19,20)(H2,17,21,22). The molecular formula is C16H15NO5S. The second-order valence-electron chi connectivity index (χ2n) is 4.85. The smallest absolute Gasteiger partial charge is 0.335 e. The van der Waals surface area contributed by atoms with Crippen molar-refractivity contribution in [3.8, 4) is 16.9 Å². The number of phenols is 1. The van der Waals surface area contributed by atoms with Crippen molar-refractivity contribution >= 4 is 16.0 Å². The third kappa shape index (κ3) is 3.41. The molecule has 0 unspecified atom stereocenters. The number of carboxylic acids is 1. The maximum Gasteiger partial charge on any atom is 0.335 e. The minimum atomic E-state index is -4.06. The third-order valence-corrected chi connectivity index (χ3v) is 4.27. The summed E-state index contributed by atoms with van der Waals surface area (Å²) in [6.07, 6.45) is 1.64. The van der Waals surface area contributed by atoms with Gasteiger partial charge >= 0.3 is 5.97 Å². The van der Waals surface area contributed by atoms with Crippen molar-refractivity contribution in [3.63, 3.8) is 0 Å². The van der Waals surface area contributed by atoms with E-state index in [1.54, 1.807) is 0 Å². The molecule has 0 aliphatic rings. The number of primary sulfonamides is 1. The predicted molar refractivity (Wildman–Crippen MR) is 85.8 cm³/mol. The van der Waals surface area contributed by atoms with Gasteiger partial charge in [0.2, 0.25) is 10.0 Å². The SMILES string of the molecule is C=CCc1c(C(=O)O)ccc(S(N)(=O)=O)c1-c1ccc(O)cc1. The van der Waals surface area contributed by atoms with Crippen LogP contribution >= 0.6 is 0 Å². The quantitative estimate of drug-likeness (QED) is 0.725. The molecule has 0 aliphatic carbocycles. The molecule has 4 N–H and O–H groups in total. The highest BCUT2D eigenvalue weighted by molar-refractivity contribution is 7.89. The van der Waals surface area contributed by atoms with Gasteiger partial charge < -0.3 is 10.2 Å². The molecule has 0 fully saturated rings. The molecule has 2 aromatic carbocycles. The fraction of sp³-hybridized carbons (Fsp3) is 0.0625. The number of carboxylic acid groups (broad SMARTS) is 1. The van der Waals surface area contributed by atoms with Crippen LogP contribution in [0.2, 0.25) is 0 Å². The lowest BCUT2D eigenvalue weighted by Crippen LogP contribution is -2.16. The van der Waals surface area contributed by atoms with Crippen molar-refractivity contribution in [3.05, 3.63) is 60.2 Å². The Morgan fingerprint density at radius 1 is 1.17 bits per heavy atom. The second-order valence-corrected chi connectivity index (χ2v) is 6.38. The van der Waals surface area contributed by atoms with E-state index in [1.165, 1.54) is 42.5 Å². The molecule has 0 heterocycles. The first-order valence-electron chi connectivity index (χ1n) is 6.58. The zero-order chi connectivity index (χ0) is 17.2. The van der Waals surface area contributed by atoms with Crippen LogP contribution in [0.15, 0.2) is 53.9 Å².